The second kappa shape index (κ2) is 6.64. The number of aromatic nitrogens is 1. The first kappa shape index (κ1) is 15.9. The van der Waals surface area contributed by atoms with Gasteiger partial charge < -0.3 is 9.72 Å². The van der Waals surface area contributed by atoms with Crippen LogP contribution in [0.1, 0.15) is 17.4 Å². The standard InChI is InChI=1S/C17H13ClFNO2S/c1-2-22-17(21)15-16(23-12-6-3-10(18)4-7-12)13-9-11(19)5-8-14(13)20-15/h3-9,20H,2H2,1H3. The van der Waals surface area contributed by atoms with Crippen LogP contribution >= 0.6 is 23.4 Å². The predicted molar refractivity (Wildman–Crippen MR) is 89.8 cm³/mol. The van der Waals surface area contributed by atoms with Gasteiger partial charge in [0.25, 0.3) is 0 Å². The van der Waals surface area contributed by atoms with Gasteiger partial charge in [-0.25, -0.2) is 9.18 Å². The minimum atomic E-state index is -0.458. The van der Waals surface area contributed by atoms with Crippen LogP contribution in [-0.2, 0) is 4.74 Å². The zero-order valence-corrected chi connectivity index (χ0v) is 13.8. The molecule has 23 heavy (non-hydrogen) atoms. The van der Waals surface area contributed by atoms with Crippen molar-refractivity contribution in [3.05, 3.63) is 59.0 Å². The lowest BCUT2D eigenvalue weighted by Gasteiger charge is -2.05. The van der Waals surface area contributed by atoms with Gasteiger partial charge >= 0.3 is 5.97 Å². The topological polar surface area (TPSA) is 42.1 Å². The van der Waals surface area contributed by atoms with E-state index < -0.39 is 5.97 Å². The maximum atomic E-state index is 13.6. The van der Waals surface area contributed by atoms with Crippen LogP contribution in [-0.4, -0.2) is 17.6 Å². The zero-order valence-electron chi connectivity index (χ0n) is 12.2. The predicted octanol–water partition coefficient (Wildman–Crippen LogP) is 5.29. The molecular weight excluding hydrogens is 337 g/mol. The van der Waals surface area contributed by atoms with Crippen LogP contribution in [0.2, 0.25) is 5.02 Å². The number of carbonyl (C=O) groups is 1. The van der Waals surface area contributed by atoms with Crippen LogP contribution in [0.4, 0.5) is 4.39 Å². The molecule has 0 spiro atoms. The molecule has 0 saturated heterocycles. The third kappa shape index (κ3) is 3.35. The fraction of sp³-hybridized carbons (Fsp3) is 0.118. The molecule has 3 aromatic rings. The van der Waals surface area contributed by atoms with Gasteiger partial charge in [-0.15, -0.1) is 0 Å². The van der Waals surface area contributed by atoms with Gasteiger partial charge in [0.2, 0.25) is 0 Å². The van der Waals surface area contributed by atoms with Crippen LogP contribution in [0.15, 0.2) is 52.3 Å². The number of hydrogen-bond acceptors (Lipinski definition) is 3. The molecule has 2 aromatic carbocycles. The molecule has 0 aliphatic carbocycles. The highest BCUT2D eigenvalue weighted by Gasteiger charge is 2.20. The Bertz CT molecular complexity index is 861. The van der Waals surface area contributed by atoms with Gasteiger partial charge in [0.15, 0.2) is 0 Å². The first-order chi connectivity index (χ1) is 11.1. The van der Waals surface area contributed by atoms with E-state index in [1.165, 1.54) is 23.9 Å². The highest BCUT2D eigenvalue weighted by atomic mass is 35.5. The Morgan fingerprint density at radius 1 is 1.26 bits per heavy atom. The highest BCUT2D eigenvalue weighted by molar-refractivity contribution is 7.99. The molecule has 1 heterocycles. The van der Waals surface area contributed by atoms with Crippen molar-refractivity contribution in [2.24, 2.45) is 0 Å². The smallest absolute Gasteiger partial charge is 0.355 e. The summed E-state index contributed by atoms with van der Waals surface area (Å²) in [5.74, 6) is -0.814. The van der Waals surface area contributed by atoms with Crippen molar-refractivity contribution >= 4 is 40.2 Å². The monoisotopic (exact) mass is 349 g/mol. The van der Waals surface area contributed by atoms with Gasteiger partial charge in [0.05, 0.1) is 11.5 Å². The molecule has 0 bridgehead atoms. The largest absolute Gasteiger partial charge is 0.461 e. The van der Waals surface area contributed by atoms with Crippen molar-refractivity contribution < 1.29 is 13.9 Å². The Morgan fingerprint density at radius 3 is 2.70 bits per heavy atom. The lowest BCUT2D eigenvalue weighted by atomic mass is 10.2. The number of nitrogens with one attached hydrogen (secondary N) is 1. The lowest BCUT2D eigenvalue weighted by Crippen LogP contribution is -2.06. The molecule has 6 heteroatoms. The maximum absolute atomic E-state index is 13.6. The Labute approximate surface area is 141 Å². The summed E-state index contributed by atoms with van der Waals surface area (Å²) in [5, 5.41) is 1.28. The maximum Gasteiger partial charge on any atom is 0.355 e. The third-order valence-corrected chi connectivity index (χ3v) is 4.61. The third-order valence-electron chi connectivity index (χ3n) is 3.23. The Kier molecular flexibility index (Phi) is 4.59. The number of H-pyrrole nitrogens is 1. The van der Waals surface area contributed by atoms with Crippen molar-refractivity contribution in [3.63, 3.8) is 0 Å². The van der Waals surface area contributed by atoms with Gasteiger partial charge in [-0.3, -0.25) is 0 Å². The summed E-state index contributed by atoms with van der Waals surface area (Å²) in [4.78, 5) is 16.7. The normalized spacial score (nSPS) is 10.9. The van der Waals surface area contributed by atoms with E-state index in [1.807, 2.05) is 12.1 Å². The SMILES string of the molecule is CCOC(=O)c1[nH]c2ccc(F)cc2c1Sc1ccc(Cl)cc1. The van der Waals surface area contributed by atoms with Gasteiger partial charge in [0.1, 0.15) is 11.5 Å². The number of rotatable bonds is 4. The molecule has 118 valence electrons. The van der Waals surface area contributed by atoms with Crippen LogP contribution < -0.4 is 0 Å². The second-order valence-corrected chi connectivity index (χ2v) is 6.32. The summed E-state index contributed by atoms with van der Waals surface area (Å²) in [6.07, 6.45) is 0. The molecule has 0 unspecified atom stereocenters. The minimum Gasteiger partial charge on any atom is -0.461 e. The van der Waals surface area contributed by atoms with Gasteiger partial charge in [-0.1, -0.05) is 23.4 Å². The number of carbonyl (C=O) groups excluding carboxylic acids is 1. The van der Waals surface area contributed by atoms with Crippen LogP contribution in [0.5, 0.6) is 0 Å². The molecule has 3 nitrogen and oxygen atoms in total. The fourth-order valence-electron chi connectivity index (χ4n) is 2.21. The zero-order chi connectivity index (χ0) is 16.4. The fourth-order valence-corrected chi connectivity index (χ4v) is 3.36. The number of benzene rings is 2. The van der Waals surface area contributed by atoms with Gasteiger partial charge in [-0.2, -0.15) is 0 Å². The number of hydrogen-bond donors (Lipinski definition) is 1. The molecule has 0 atom stereocenters. The molecule has 0 amide bonds. The first-order valence-electron chi connectivity index (χ1n) is 7.00. The minimum absolute atomic E-state index is 0.271. The molecule has 0 radical (unpaired) electrons. The highest BCUT2D eigenvalue weighted by Crippen LogP contribution is 2.37. The van der Waals surface area contributed by atoms with E-state index in [9.17, 15) is 9.18 Å². The summed E-state index contributed by atoms with van der Waals surface area (Å²) >= 11 is 7.26. The van der Waals surface area contributed by atoms with E-state index in [-0.39, 0.29) is 12.4 Å². The molecule has 1 aromatic heterocycles. The van der Waals surface area contributed by atoms with Crippen molar-refractivity contribution in [1.29, 1.82) is 0 Å². The van der Waals surface area contributed by atoms with Crippen molar-refractivity contribution in [2.75, 3.05) is 6.61 Å². The quantitative estimate of drug-likeness (QED) is 0.651. The second-order valence-electron chi connectivity index (χ2n) is 4.80. The summed E-state index contributed by atoms with van der Waals surface area (Å²) in [6, 6.07) is 11.6. The summed E-state index contributed by atoms with van der Waals surface area (Å²) in [7, 11) is 0. The summed E-state index contributed by atoms with van der Waals surface area (Å²) < 4.78 is 18.7. The van der Waals surface area contributed by atoms with Crippen LogP contribution in [0.3, 0.4) is 0 Å². The van der Waals surface area contributed by atoms with Crippen molar-refractivity contribution in [3.8, 4) is 0 Å². The number of ether oxygens (including phenoxy) is 1. The Balaban J connectivity index is 2.10. The van der Waals surface area contributed by atoms with Gasteiger partial charge in [-0.05, 0) is 49.4 Å². The molecule has 0 fully saturated rings. The lowest BCUT2D eigenvalue weighted by molar-refractivity contribution is 0.0516. The first-order valence-corrected chi connectivity index (χ1v) is 8.19. The molecule has 3 rings (SSSR count). The van der Waals surface area contributed by atoms with Crippen LogP contribution in [0, 0.1) is 5.82 Å². The van der Waals surface area contributed by atoms with E-state index in [2.05, 4.69) is 4.98 Å². The molecule has 0 aliphatic heterocycles. The number of fused-ring (bicyclic) bond motifs is 1. The Morgan fingerprint density at radius 2 is 2.00 bits per heavy atom. The van der Waals surface area contributed by atoms with Crippen LogP contribution in [0.25, 0.3) is 10.9 Å². The summed E-state index contributed by atoms with van der Waals surface area (Å²) in [5.41, 5.74) is 1.01. The van der Waals surface area contributed by atoms with E-state index in [0.717, 1.165) is 4.90 Å². The van der Waals surface area contributed by atoms with E-state index in [0.29, 0.717) is 26.5 Å². The van der Waals surface area contributed by atoms with Gasteiger partial charge in [0, 0.05) is 20.8 Å². The number of esters is 1. The van der Waals surface area contributed by atoms with E-state index >= 15 is 0 Å². The van der Waals surface area contributed by atoms with Crippen molar-refractivity contribution in [2.45, 2.75) is 16.7 Å². The van der Waals surface area contributed by atoms with E-state index in [1.54, 1.807) is 25.1 Å². The average Bonchev–Trinajstić information content (AvgIpc) is 2.88. The average molecular weight is 350 g/mol. The number of aromatic amines is 1. The molecule has 1 N–H and O–H groups in total. The van der Waals surface area contributed by atoms with E-state index in [4.69, 9.17) is 16.3 Å². The summed E-state index contributed by atoms with van der Waals surface area (Å²) in [6.45, 7) is 2.01. The molecule has 0 saturated carbocycles. The number of halogens is 2. The molecule has 0 aliphatic rings. The molecular formula is C17H13ClFNO2S. The Hall–Kier alpha value is -1.98. The van der Waals surface area contributed by atoms with Crippen molar-refractivity contribution in [1.82, 2.24) is 4.98 Å².